The number of benzene rings is 1. The van der Waals surface area contributed by atoms with Crippen LogP contribution in [0.15, 0.2) is 29.2 Å². The minimum atomic E-state index is -3.58. The Morgan fingerprint density at radius 1 is 1.04 bits per heavy atom. The molecule has 0 bridgehead atoms. The number of anilines is 1. The Kier molecular flexibility index (Phi) is 5.80. The first-order valence-electron chi connectivity index (χ1n) is 9.94. The third-order valence-electron chi connectivity index (χ3n) is 5.37. The van der Waals surface area contributed by atoms with Crippen LogP contribution in [0, 0.1) is 0 Å². The van der Waals surface area contributed by atoms with Gasteiger partial charge in [0, 0.05) is 23.5 Å². The van der Waals surface area contributed by atoms with Crippen molar-refractivity contribution in [1.29, 1.82) is 0 Å². The number of aryl methyl sites for hydroxylation is 2. The highest BCUT2D eigenvalue weighted by molar-refractivity contribution is 7.89. The molecule has 1 aliphatic carbocycles. The number of thiazole rings is 1. The number of nitrogens with one attached hydrogen (secondary N) is 1. The Bertz CT molecular complexity index is 937. The van der Waals surface area contributed by atoms with Gasteiger partial charge in [0.25, 0.3) is 5.91 Å². The molecule has 28 heavy (non-hydrogen) atoms. The first-order valence-corrected chi connectivity index (χ1v) is 12.2. The number of hydrogen-bond donors (Lipinski definition) is 1. The molecule has 0 saturated carbocycles. The number of aromatic nitrogens is 1. The molecular formula is C20H25N3O3S2. The van der Waals surface area contributed by atoms with Gasteiger partial charge in [-0.1, -0.05) is 18.9 Å². The Labute approximate surface area is 170 Å². The Balaban J connectivity index is 1.52. The molecule has 1 amide bonds. The van der Waals surface area contributed by atoms with Gasteiger partial charge in [0.05, 0.1) is 10.6 Å². The minimum absolute atomic E-state index is 0.181. The van der Waals surface area contributed by atoms with Crippen molar-refractivity contribution < 1.29 is 13.2 Å². The van der Waals surface area contributed by atoms with Crippen molar-refractivity contribution in [2.45, 2.75) is 56.3 Å². The van der Waals surface area contributed by atoms with E-state index in [0.29, 0.717) is 23.8 Å². The highest BCUT2D eigenvalue weighted by atomic mass is 32.2. The SMILES string of the molecule is O=C(Nc1nc2c(s1)CCCC2)c1cccc(S(=O)(=O)N2CCCCCC2)c1. The Hall–Kier alpha value is -1.77. The van der Waals surface area contributed by atoms with Crippen LogP contribution in [-0.4, -0.2) is 36.7 Å². The maximum Gasteiger partial charge on any atom is 0.257 e. The summed E-state index contributed by atoms with van der Waals surface area (Å²) in [5, 5.41) is 3.44. The van der Waals surface area contributed by atoms with E-state index in [-0.39, 0.29) is 10.8 Å². The lowest BCUT2D eigenvalue weighted by Crippen LogP contribution is -2.32. The van der Waals surface area contributed by atoms with E-state index >= 15 is 0 Å². The summed E-state index contributed by atoms with van der Waals surface area (Å²) in [6.45, 7) is 1.09. The van der Waals surface area contributed by atoms with Crippen molar-refractivity contribution in [3.05, 3.63) is 40.4 Å². The molecule has 1 fully saturated rings. The predicted octanol–water partition coefficient (Wildman–Crippen LogP) is 3.84. The number of hydrogen-bond acceptors (Lipinski definition) is 5. The van der Waals surface area contributed by atoms with Crippen molar-refractivity contribution in [1.82, 2.24) is 9.29 Å². The zero-order chi connectivity index (χ0) is 19.6. The van der Waals surface area contributed by atoms with Crippen LogP contribution >= 0.6 is 11.3 Å². The molecule has 1 aromatic carbocycles. The van der Waals surface area contributed by atoms with Gasteiger partial charge in [-0.15, -0.1) is 11.3 Å². The quantitative estimate of drug-likeness (QED) is 0.817. The zero-order valence-electron chi connectivity index (χ0n) is 15.8. The number of rotatable bonds is 4. The predicted molar refractivity (Wildman–Crippen MR) is 110 cm³/mol. The van der Waals surface area contributed by atoms with Crippen LogP contribution in [0.3, 0.4) is 0 Å². The largest absolute Gasteiger partial charge is 0.298 e. The maximum absolute atomic E-state index is 13.0. The molecule has 0 spiro atoms. The van der Waals surface area contributed by atoms with Gasteiger partial charge in [-0.25, -0.2) is 13.4 Å². The summed E-state index contributed by atoms with van der Waals surface area (Å²) >= 11 is 1.52. The van der Waals surface area contributed by atoms with Gasteiger partial charge in [0.1, 0.15) is 0 Å². The molecule has 0 atom stereocenters. The summed E-state index contributed by atoms with van der Waals surface area (Å²) in [6.07, 6.45) is 8.18. The molecule has 6 nitrogen and oxygen atoms in total. The first kappa shape index (κ1) is 19.5. The van der Waals surface area contributed by atoms with Gasteiger partial charge in [0.15, 0.2) is 5.13 Å². The standard InChI is InChI=1S/C20H25N3O3S2/c24-19(22-20-21-17-10-3-4-11-18(17)27-20)15-8-7-9-16(14-15)28(25,26)23-12-5-1-2-6-13-23/h7-9,14H,1-6,10-13H2,(H,21,22,24). The van der Waals surface area contributed by atoms with Crippen molar-refractivity contribution in [3.8, 4) is 0 Å². The van der Waals surface area contributed by atoms with Gasteiger partial charge in [-0.05, 0) is 56.7 Å². The normalized spacial score (nSPS) is 18.3. The highest BCUT2D eigenvalue weighted by Crippen LogP contribution is 2.30. The van der Waals surface area contributed by atoms with Crippen molar-refractivity contribution >= 4 is 32.4 Å². The molecule has 8 heteroatoms. The van der Waals surface area contributed by atoms with Crippen molar-refractivity contribution in [2.75, 3.05) is 18.4 Å². The molecular weight excluding hydrogens is 394 g/mol. The summed E-state index contributed by atoms with van der Waals surface area (Å²) in [5.74, 6) is -0.320. The topological polar surface area (TPSA) is 79.4 Å². The summed E-state index contributed by atoms with van der Waals surface area (Å²) in [6, 6.07) is 6.32. The molecule has 1 aromatic heterocycles. The summed E-state index contributed by atoms with van der Waals surface area (Å²) < 4.78 is 27.5. The van der Waals surface area contributed by atoms with Gasteiger partial charge in [-0.3, -0.25) is 10.1 Å². The van der Waals surface area contributed by atoms with Crippen LogP contribution in [0.4, 0.5) is 5.13 Å². The molecule has 1 aliphatic heterocycles. The second-order valence-electron chi connectivity index (χ2n) is 7.40. The van der Waals surface area contributed by atoms with Crippen molar-refractivity contribution in [2.24, 2.45) is 0 Å². The third-order valence-corrected chi connectivity index (χ3v) is 8.33. The molecule has 2 heterocycles. The molecule has 0 radical (unpaired) electrons. The zero-order valence-corrected chi connectivity index (χ0v) is 17.4. The number of amides is 1. The van der Waals surface area contributed by atoms with Crippen LogP contribution in [0.1, 0.15) is 59.5 Å². The Morgan fingerprint density at radius 3 is 2.54 bits per heavy atom. The summed E-state index contributed by atoms with van der Waals surface area (Å²) in [7, 11) is -3.58. The van der Waals surface area contributed by atoms with E-state index < -0.39 is 10.0 Å². The minimum Gasteiger partial charge on any atom is -0.298 e. The van der Waals surface area contributed by atoms with E-state index in [4.69, 9.17) is 0 Å². The van der Waals surface area contributed by atoms with Crippen LogP contribution in [0.5, 0.6) is 0 Å². The second kappa shape index (κ2) is 8.31. The molecule has 2 aliphatic rings. The van der Waals surface area contributed by atoms with Gasteiger partial charge in [0.2, 0.25) is 10.0 Å². The third kappa shape index (κ3) is 4.14. The number of fused-ring (bicyclic) bond motifs is 1. The van der Waals surface area contributed by atoms with Crippen molar-refractivity contribution in [3.63, 3.8) is 0 Å². The van der Waals surface area contributed by atoms with E-state index in [1.807, 2.05) is 0 Å². The lowest BCUT2D eigenvalue weighted by Gasteiger charge is -2.20. The molecule has 1 N–H and O–H groups in total. The number of nitrogens with zero attached hydrogens (tertiary/aromatic N) is 2. The fourth-order valence-electron chi connectivity index (χ4n) is 3.80. The van der Waals surface area contributed by atoms with E-state index in [1.165, 1.54) is 28.7 Å². The smallest absolute Gasteiger partial charge is 0.257 e. The Morgan fingerprint density at radius 2 is 1.79 bits per heavy atom. The molecule has 4 rings (SSSR count). The van der Waals surface area contributed by atoms with Gasteiger partial charge >= 0.3 is 0 Å². The number of carbonyl (C=O) groups excluding carboxylic acids is 1. The average molecular weight is 420 g/mol. The average Bonchev–Trinajstić information content (AvgIpc) is 2.90. The van der Waals surface area contributed by atoms with Gasteiger partial charge < -0.3 is 0 Å². The monoisotopic (exact) mass is 419 g/mol. The molecule has 1 saturated heterocycles. The van der Waals surface area contributed by atoms with E-state index in [1.54, 1.807) is 22.5 Å². The van der Waals surface area contributed by atoms with Crippen LogP contribution < -0.4 is 5.32 Å². The lowest BCUT2D eigenvalue weighted by molar-refractivity contribution is 0.102. The van der Waals surface area contributed by atoms with Crippen LogP contribution in [-0.2, 0) is 22.9 Å². The number of sulfonamides is 1. The maximum atomic E-state index is 13.0. The van der Waals surface area contributed by atoms with Gasteiger partial charge in [-0.2, -0.15) is 4.31 Å². The first-order chi connectivity index (χ1) is 13.5. The summed E-state index contributed by atoms with van der Waals surface area (Å²) in [4.78, 5) is 18.6. The van der Waals surface area contributed by atoms with Crippen LogP contribution in [0.25, 0.3) is 0 Å². The van der Waals surface area contributed by atoms with Crippen LogP contribution in [0.2, 0.25) is 0 Å². The molecule has 2 aromatic rings. The second-order valence-corrected chi connectivity index (χ2v) is 10.4. The fourth-order valence-corrected chi connectivity index (χ4v) is 6.41. The van der Waals surface area contributed by atoms with E-state index in [2.05, 4.69) is 10.3 Å². The lowest BCUT2D eigenvalue weighted by atomic mass is 10.0. The fraction of sp³-hybridized carbons (Fsp3) is 0.500. The van der Waals surface area contributed by atoms with E-state index in [0.717, 1.165) is 50.6 Å². The molecule has 0 unspecified atom stereocenters. The summed E-state index contributed by atoms with van der Waals surface area (Å²) in [5.41, 5.74) is 1.42. The molecule has 150 valence electrons. The van der Waals surface area contributed by atoms with E-state index in [9.17, 15) is 13.2 Å². The highest BCUT2D eigenvalue weighted by Gasteiger charge is 2.26. The number of carbonyl (C=O) groups is 1.